The lowest BCUT2D eigenvalue weighted by Gasteiger charge is -2.27. The highest BCUT2D eigenvalue weighted by atomic mass is 16.2. The first-order valence-electron chi connectivity index (χ1n) is 5.98. The van der Waals surface area contributed by atoms with E-state index in [1.807, 2.05) is 20.8 Å². The van der Waals surface area contributed by atoms with E-state index >= 15 is 0 Å². The third-order valence-electron chi connectivity index (χ3n) is 3.21. The monoisotopic (exact) mass is 244 g/mol. The van der Waals surface area contributed by atoms with Crippen molar-refractivity contribution in [3.05, 3.63) is 45.0 Å². The number of anilines is 1. The van der Waals surface area contributed by atoms with Gasteiger partial charge in [-0.1, -0.05) is 13.0 Å². The molecule has 2 aromatic rings. The first kappa shape index (κ1) is 12.5. The molecule has 94 valence electrons. The Morgan fingerprint density at radius 1 is 1.28 bits per heavy atom. The van der Waals surface area contributed by atoms with Gasteiger partial charge in [-0.3, -0.25) is 14.6 Å². The zero-order chi connectivity index (χ0) is 13.3. The van der Waals surface area contributed by atoms with E-state index in [9.17, 15) is 9.59 Å². The molecule has 0 atom stereocenters. The zero-order valence-corrected chi connectivity index (χ0v) is 10.8. The summed E-state index contributed by atoms with van der Waals surface area (Å²) in [6.45, 7) is 6.02. The van der Waals surface area contributed by atoms with Gasteiger partial charge in [-0.15, -0.1) is 0 Å². The van der Waals surface area contributed by atoms with Gasteiger partial charge >= 0.3 is 0 Å². The topological polar surface area (TPSA) is 59.1 Å². The van der Waals surface area contributed by atoms with Gasteiger partial charge in [0.25, 0.3) is 0 Å². The summed E-state index contributed by atoms with van der Waals surface area (Å²) >= 11 is 0. The van der Waals surface area contributed by atoms with Gasteiger partial charge in [0.1, 0.15) is 0 Å². The fraction of sp³-hybridized carbons (Fsp3) is 0.357. The summed E-state index contributed by atoms with van der Waals surface area (Å²) in [6, 6.07) is 3.54. The molecule has 0 unspecified atom stereocenters. The molecule has 1 heterocycles. The van der Waals surface area contributed by atoms with Crippen LogP contribution in [0.1, 0.15) is 27.2 Å². The van der Waals surface area contributed by atoms with Crippen LogP contribution >= 0.6 is 0 Å². The maximum atomic E-state index is 11.7. The van der Waals surface area contributed by atoms with Gasteiger partial charge in [-0.25, -0.2) is 0 Å². The summed E-state index contributed by atoms with van der Waals surface area (Å²) in [5.74, 6) is 0. The van der Waals surface area contributed by atoms with Gasteiger partial charge in [-0.05, 0) is 26.3 Å². The van der Waals surface area contributed by atoms with Crippen LogP contribution in [0.25, 0.3) is 11.1 Å². The Morgan fingerprint density at radius 3 is 2.56 bits per heavy atom. The molecular formula is C14H16N2O2. The summed E-state index contributed by atoms with van der Waals surface area (Å²) < 4.78 is 0. The lowest BCUT2D eigenvalue weighted by molar-refractivity contribution is 0.546. The summed E-state index contributed by atoms with van der Waals surface area (Å²) in [4.78, 5) is 27.3. The fourth-order valence-electron chi connectivity index (χ4n) is 1.72. The largest absolute Gasteiger partial charge is 0.376 e. The molecule has 0 fully saturated rings. The van der Waals surface area contributed by atoms with Gasteiger partial charge in [-0.2, -0.15) is 0 Å². The number of pyridine rings is 1. The van der Waals surface area contributed by atoms with Gasteiger partial charge in [0.15, 0.2) is 0 Å². The molecule has 0 radical (unpaired) electrons. The van der Waals surface area contributed by atoms with Crippen molar-refractivity contribution in [2.45, 2.75) is 32.7 Å². The zero-order valence-electron chi connectivity index (χ0n) is 10.8. The van der Waals surface area contributed by atoms with Gasteiger partial charge in [0, 0.05) is 23.5 Å². The average Bonchev–Trinajstić information content (AvgIpc) is 2.39. The minimum absolute atomic E-state index is 0.209. The summed E-state index contributed by atoms with van der Waals surface area (Å²) in [5.41, 5.74) is 0.484. The van der Waals surface area contributed by atoms with Crippen molar-refractivity contribution in [1.29, 1.82) is 0 Å². The van der Waals surface area contributed by atoms with Crippen LogP contribution in [0.15, 0.2) is 34.1 Å². The van der Waals surface area contributed by atoms with Crippen molar-refractivity contribution in [2.75, 3.05) is 5.32 Å². The van der Waals surface area contributed by atoms with E-state index in [0.29, 0.717) is 16.8 Å². The Labute approximate surface area is 105 Å². The van der Waals surface area contributed by atoms with Gasteiger partial charge in [0.2, 0.25) is 10.9 Å². The Kier molecular flexibility index (Phi) is 3.03. The van der Waals surface area contributed by atoms with Crippen LogP contribution in [0, 0.1) is 0 Å². The second-order valence-corrected chi connectivity index (χ2v) is 5.01. The smallest absolute Gasteiger partial charge is 0.250 e. The maximum absolute atomic E-state index is 11.7. The molecule has 4 heteroatoms. The van der Waals surface area contributed by atoms with Crippen LogP contribution in [0.4, 0.5) is 5.69 Å². The molecule has 1 aromatic heterocycles. The molecule has 0 aliphatic rings. The lowest BCUT2D eigenvalue weighted by atomic mass is 9.95. The molecule has 0 amide bonds. The second kappa shape index (κ2) is 4.37. The predicted octanol–water partition coefficient (Wildman–Crippen LogP) is 1.95. The van der Waals surface area contributed by atoms with E-state index in [0.717, 1.165) is 6.42 Å². The second-order valence-electron chi connectivity index (χ2n) is 5.01. The van der Waals surface area contributed by atoms with E-state index in [4.69, 9.17) is 0 Å². The molecule has 0 bridgehead atoms. The van der Waals surface area contributed by atoms with Gasteiger partial charge < -0.3 is 5.32 Å². The molecule has 0 aliphatic heterocycles. The Morgan fingerprint density at radius 2 is 2.00 bits per heavy atom. The minimum atomic E-state index is -0.435. The van der Waals surface area contributed by atoms with E-state index in [1.54, 1.807) is 24.5 Å². The SMILES string of the molecule is CCC(C)(C)Nc1c(-c2cccnc2)c(=O)c1=O. The molecule has 4 nitrogen and oxygen atoms in total. The number of nitrogens with zero attached hydrogens (tertiary/aromatic N) is 1. The highest BCUT2D eigenvalue weighted by Gasteiger charge is 2.26. The normalized spacial score (nSPS) is 11.7. The summed E-state index contributed by atoms with van der Waals surface area (Å²) in [6.07, 6.45) is 4.09. The first-order chi connectivity index (χ1) is 8.46. The number of hydrogen-bond donors (Lipinski definition) is 1. The van der Waals surface area contributed by atoms with Crippen molar-refractivity contribution in [2.24, 2.45) is 0 Å². The predicted molar refractivity (Wildman–Crippen MR) is 72.6 cm³/mol. The lowest BCUT2D eigenvalue weighted by Crippen LogP contribution is -2.42. The van der Waals surface area contributed by atoms with Crippen LogP contribution in [-0.4, -0.2) is 10.5 Å². The highest BCUT2D eigenvalue weighted by Crippen LogP contribution is 2.25. The quantitative estimate of drug-likeness (QED) is 0.835. The highest BCUT2D eigenvalue weighted by molar-refractivity contribution is 5.81. The minimum Gasteiger partial charge on any atom is -0.376 e. The summed E-state index contributed by atoms with van der Waals surface area (Å²) in [5, 5.41) is 3.15. The Balaban J connectivity index is 2.43. The molecule has 2 rings (SSSR count). The van der Waals surface area contributed by atoms with Crippen molar-refractivity contribution in [1.82, 2.24) is 4.98 Å². The maximum Gasteiger partial charge on any atom is 0.250 e. The van der Waals surface area contributed by atoms with Crippen LogP contribution in [0.2, 0.25) is 0 Å². The summed E-state index contributed by atoms with van der Waals surface area (Å²) in [7, 11) is 0. The molecule has 0 saturated heterocycles. The molecule has 0 aliphatic carbocycles. The average molecular weight is 244 g/mol. The number of nitrogens with one attached hydrogen (secondary N) is 1. The number of rotatable bonds is 4. The van der Waals surface area contributed by atoms with Crippen molar-refractivity contribution >= 4 is 5.69 Å². The van der Waals surface area contributed by atoms with Gasteiger partial charge in [0.05, 0.1) is 11.3 Å². The Bertz CT molecular complexity index is 623. The standard InChI is InChI=1S/C14H16N2O2/c1-4-14(2,3)16-11-10(12(17)13(11)18)9-6-5-7-15-8-9/h5-8,16H,4H2,1-3H3. The van der Waals surface area contributed by atoms with Crippen molar-refractivity contribution in [3.8, 4) is 11.1 Å². The van der Waals surface area contributed by atoms with E-state index < -0.39 is 10.9 Å². The van der Waals surface area contributed by atoms with Crippen LogP contribution in [-0.2, 0) is 0 Å². The van der Waals surface area contributed by atoms with Crippen LogP contribution in [0.3, 0.4) is 0 Å². The van der Waals surface area contributed by atoms with Crippen molar-refractivity contribution < 1.29 is 0 Å². The van der Waals surface area contributed by atoms with E-state index in [-0.39, 0.29) is 5.54 Å². The molecule has 0 spiro atoms. The molecule has 1 N–H and O–H groups in total. The Hall–Kier alpha value is -1.97. The number of aromatic nitrogens is 1. The fourth-order valence-corrected chi connectivity index (χ4v) is 1.72. The first-order valence-corrected chi connectivity index (χ1v) is 5.98. The molecular weight excluding hydrogens is 228 g/mol. The molecule has 1 aromatic carbocycles. The van der Waals surface area contributed by atoms with Crippen LogP contribution in [0.5, 0.6) is 0 Å². The molecule has 0 saturated carbocycles. The van der Waals surface area contributed by atoms with E-state index in [2.05, 4.69) is 10.3 Å². The molecule has 18 heavy (non-hydrogen) atoms. The van der Waals surface area contributed by atoms with Crippen LogP contribution < -0.4 is 16.2 Å². The van der Waals surface area contributed by atoms with E-state index in [1.165, 1.54) is 0 Å². The third-order valence-corrected chi connectivity index (χ3v) is 3.21. The van der Waals surface area contributed by atoms with Crippen molar-refractivity contribution in [3.63, 3.8) is 0 Å². The third kappa shape index (κ3) is 2.06. The number of hydrogen-bond acceptors (Lipinski definition) is 4.